The largest absolute Gasteiger partial charge is 0.339 e. The molecular weight excluding hydrogens is 344 g/mol. The van der Waals surface area contributed by atoms with Gasteiger partial charge in [-0.1, -0.05) is 35.9 Å². The van der Waals surface area contributed by atoms with Crippen LogP contribution in [0.4, 0.5) is 0 Å². The maximum absolute atomic E-state index is 13.0. The van der Waals surface area contributed by atoms with Crippen LogP contribution in [-0.2, 0) is 4.79 Å². The van der Waals surface area contributed by atoms with Gasteiger partial charge in [-0.3, -0.25) is 9.59 Å². The van der Waals surface area contributed by atoms with Crippen LogP contribution in [0.2, 0.25) is 0 Å². The van der Waals surface area contributed by atoms with E-state index in [-0.39, 0.29) is 23.8 Å². The van der Waals surface area contributed by atoms with E-state index in [1.165, 1.54) is 16.9 Å². The van der Waals surface area contributed by atoms with Crippen molar-refractivity contribution in [3.8, 4) is 0 Å². The van der Waals surface area contributed by atoms with Crippen molar-refractivity contribution in [3.63, 3.8) is 0 Å². The van der Waals surface area contributed by atoms with Crippen molar-refractivity contribution in [2.45, 2.75) is 32.7 Å². The molecule has 0 N–H and O–H groups in total. The van der Waals surface area contributed by atoms with Gasteiger partial charge in [-0.05, 0) is 43.7 Å². The Bertz CT molecular complexity index is 755. The first-order chi connectivity index (χ1) is 12.5. The summed E-state index contributed by atoms with van der Waals surface area (Å²) in [5.74, 6) is 0.0547. The zero-order valence-corrected chi connectivity index (χ0v) is 16.5. The SMILES string of the molecule is Cc1ccc(C(C)N(C)C(=O)C2CCCN(C(=O)c3cccs3)C2)cc1. The molecule has 0 radical (unpaired) electrons. The van der Waals surface area contributed by atoms with Gasteiger partial charge in [-0.15, -0.1) is 11.3 Å². The Balaban J connectivity index is 1.66. The zero-order valence-electron chi connectivity index (χ0n) is 15.6. The second kappa shape index (κ2) is 8.04. The summed E-state index contributed by atoms with van der Waals surface area (Å²) < 4.78 is 0. The van der Waals surface area contributed by atoms with Gasteiger partial charge in [0.15, 0.2) is 0 Å². The summed E-state index contributed by atoms with van der Waals surface area (Å²) in [5.41, 5.74) is 2.35. The van der Waals surface area contributed by atoms with E-state index >= 15 is 0 Å². The minimum atomic E-state index is -0.120. The molecule has 1 aliphatic rings. The highest BCUT2D eigenvalue weighted by molar-refractivity contribution is 7.12. The maximum atomic E-state index is 13.0. The minimum Gasteiger partial charge on any atom is -0.339 e. The van der Waals surface area contributed by atoms with Crippen molar-refractivity contribution in [2.24, 2.45) is 5.92 Å². The van der Waals surface area contributed by atoms with Gasteiger partial charge in [-0.25, -0.2) is 0 Å². The molecule has 1 aromatic heterocycles. The van der Waals surface area contributed by atoms with E-state index in [0.717, 1.165) is 29.8 Å². The molecule has 1 aromatic carbocycles. The molecule has 1 aliphatic heterocycles. The number of thiophene rings is 1. The molecule has 4 nitrogen and oxygen atoms in total. The highest BCUT2D eigenvalue weighted by atomic mass is 32.1. The number of rotatable bonds is 4. The van der Waals surface area contributed by atoms with Gasteiger partial charge in [0.1, 0.15) is 0 Å². The molecule has 2 atom stereocenters. The van der Waals surface area contributed by atoms with Gasteiger partial charge in [0.25, 0.3) is 5.91 Å². The topological polar surface area (TPSA) is 40.6 Å². The monoisotopic (exact) mass is 370 g/mol. The standard InChI is InChI=1S/C21H26N2O2S/c1-15-8-10-17(11-9-15)16(2)22(3)20(24)18-6-4-12-23(14-18)21(25)19-7-5-13-26-19/h5,7-11,13,16,18H,4,6,12,14H2,1-3H3. The molecule has 0 spiro atoms. The molecule has 5 heteroatoms. The van der Waals surface area contributed by atoms with E-state index in [2.05, 4.69) is 38.1 Å². The van der Waals surface area contributed by atoms with Crippen molar-refractivity contribution in [3.05, 3.63) is 57.8 Å². The third kappa shape index (κ3) is 3.98. The van der Waals surface area contributed by atoms with E-state index in [1.54, 1.807) is 0 Å². The van der Waals surface area contributed by atoms with Crippen LogP contribution in [-0.4, -0.2) is 41.8 Å². The van der Waals surface area contributed by atoms with E-state index in [0.29, 0.717) is 6.54 Å². The summed E-state index contributed by atoms with van der Waals surface area (Å²) >= 11 is 1.46. The lowest BCUT2D eigenvalue weighted by atomic mass is 9.95. The first kappa shape index (κ1) is 18.6. The molecule has 1 saturated heterocycles. The predicted octanol–water partition coefficient (Wildman–Crippen LogP) is 4.13. The summed E-state index contributed by atoms with van der Waals surface area (Å²) in [5, 5.41) is 1.91. The summed E-state index contributed by atoms with van der Waals surface area (Å²) in [6.45, 7) is 5.36. The first-order valence-electron chi connectivity index (χ1n) is 9.13. The van der Waals surface area contributed by atoms with E-state index < -0.39 is 0 Å². The van der Waals surface area contributed by atoms with Crippen molar-refractivity contribution >= 4 is 23.2 Å². The molecule has 1 fully saturated rings. The van der Waals surface area contributed by atoms with Crippen LogP contribution in [0, 0.1) is 12.8 Å². The highest BCUT2D eigenvalue weighted by Crippen LogP contribution is 2.26. The Morgan fingerprint density at radius 1 is 1.23 bits per heavy atom. The van der Waals surface area contributed by atoms with E-state index in [1.807, 2.05) is 34.4 Å². The number of aryl methyl sites for hydroxylation is 1. The van der Waals surface area contributed by atoms with Gasteiger partial charge in [0.2, 0.25) is 5.91 Å². The van der Waals surface area contributed by atoms with Gasteiger partial charge in [0.05, 0.1) is 16.8 Å². The summed E-state index contributed by atoms with van der Waals surface area (Å²) in [6, 6.07) is 12.1. The van der Waals surface area contributed by atoms with E-state index in [4.69, 9.17) is 0 Å². The van der Waals surface area contributed by atoms with Crippen LogP contribution in [0.3, 0.4) is 0 Å². The molecule has 2 amide bonds. The Hall–Kier alpha value is -2.14. The fraction of sp³-hybridized carbons (Fsp3) is 0.429. The van der Waals surface area contributed by atoms with E-state index in [9.17, 15) is 9.59 Å². The lowest BCUT2D eigenvalue weighted by molar-refractivity contribution is -0.137. The fourth-order valence-electron chi connectivity index (χ4n) is 3.47. The minimum absolute atomic E-state index is 0.0199. The van der Waals surface area contributed by atoms with Crippen LogP contribution in [0.5, 0.6) is 0 Å². The molecule has 0 aliphatic carbocycles. The van der Waals surface area contributed by atoms with Crippen molar-refractivity contribution in [2.75, 3.05) is 20.1 Å². The molecule has 26 heavy (non-hydrogen) atoms. The second-order valence-electron chi connectivity index (χ2n) is 7.10. The van der Waals surface area contributed by atoms with Gasteiger partial charge < -0.3 is 9.80 Å². The van der Waals surface area contributed by atoms with Crippen molar-refractivity contribution in [1.29, 1.82) is 0 Å². The Labute approximate surface area is 159 Å². The maximum Gasteiger partial charge on any atom is 0.263 e. The second-order valence-corrected chi connectivity index (χ2v) is 8.05. The number of carbonyl (C=O) groups is 2. The number of likely N-dealkylation sites (tertiary alicyclic amines) is 1. The van der Waals surface area contributed by atoms with Crippen LogP contribution >= 0.6 is 11.3 Å². The Morgan fingerprint density at radius 2 is 1.96 bits per heavy atom. The number of carbonyl (C=O) groups excluding carboxylic acids is 2. The molecule has 3 rings (SSSR count). The molecular formula is C21H26N2O2S. The lowest BCUT2D eigenvalue weighted by Gasteiger charge is -2.35. The number of amides is 2. The van der Waals surface area contributed by atoms with Crippen LogP contribution in [0.1, 0.15) is 46.6 Å². The number of nitrogens with zero attached hydrogens (tertiary/aromatic N) is 2. The van der Waals surface area contributed by atoms with Gasteiger partial charge >= 0.3 is 0 Å². The molecule has 138 valence electrons. The smallest absolute Gasteiger partial charge is 0.263 e. The molecule has 2 unspecified atom stereocenters. The van der Waals surface area contributed by atoms with Crippen LogP contribution < -0.4 is 0 Å². The quantitative estimate of drug-likeness (QED) is 0.812. The third-order valence-corrected chi connectivity index (χ3v) is 6.14. The molecule has 0 bridgehead atoms. The number of piperidine rings is 1. The van der Waals surface area contributed by atoms with Crippen molar-refractivity contribution < 1.29 is 9.59 Å². The van der Waals surface area contributed by atoms with Crippen LogP contribution in [0.15, 0.2) is 41.8 Å². The summed E-state index contributed by atoms with van der Waals surface area (Å²) in [7, 11) is 1.87. The fourth-order valence-corrected chi connectivity index (χ4v) is 4.16. The summed E-state index contributed by atoms with van der Waals surface area (Å²) in [4.78, 5) is 30.0. The highest BCUT2D eigenvalue weighted by Gasteiger charge is 2.32. The Morgan fingerprint density at radius 3 is 2.62 bits per heavy atom. The van der Waals surface area contributed by atoms with Crippen molar-refractivity contribution in [1.82, 2.24) is 9.80 Å². The number of benzene rings is 1. The average molecular weight is 371 g/mol. The van der Waals surface area contributed by atoms with Crippen LogP contribution in [0.25, 0.3) is 0 Å². The zero-order chi connectivity index (χ0) is 18.7. The van der Waals surface area contributed by atoms with Gasteiger partial charge in [-0.2, -0.15) is 0 Å². The molecule has 2 heterocycles. The van der Waals surface area contributed by atoms with Gasteiger partial charge in [0, 0.05) is 20.1 Å². The average Bonchev–Trinajstić information content (AvgIpc) is 3.21. The third-order valence-electron chi connectivity index (χ3n) is 5.28. The first-order valence-corrected chi connectivity index (χ1v) is 10.0. The number of hydrogen-bond acceptors (Lipinski definition) is 3. The predicted molar refractivity (Wildman–Crippen MR) is 105 cm³/mol. The lowest BCUT2D eigenvalue weighted by Crippen LogP contribution is -2.46. The summed E-state index contributed by atoms with van der Waals surface area (Å²) in [6.07, 6.45) is 1.72. The Kier molecular flexibility index (Phi) is 5.77. The normalized spacial score (nSPS) is 18.4. The molecule has 2 aromatic rings. The molecule has 0 saturated carbocycles. The number of hydrogen-bond donors (Lipinski definition) is 0.